The molecule has 1 fully saturated rings. The summed E-state index contributed by atoms with van der Waals surface area (Å²) >= 11 is 1.47. The van der Waals surface area contributed by atoms with Gasteiger partial charge in [-0.25, -0.2) is 4.98 Å². The highest BCUT2D eigenvalue weighted by Gasteiger charge is 2.13. The Balaban J connectivity index is 1.58. The van der Waals surface area contributed by atoms with E-state index in [9.17, 15) is 4.79 Å². The molecular formula is C16H20N4OS. The first-order valence-corrected chi connectivity index (χ1v) is 8.42. The van der Waals surface area contributed by atoms with E-state index in [1.54, 1.807) is 24.3 Å². The summed E-state index contributed by atoms with van der Waals surface area (Å²) in [6.45, 7) is 3.16. The molecule has 0 spiro atoms. The second-order valence-electron chi connectivity index (χ2n) is 5.56. The van der Waals surface area contributed by atoms with Gasteiger partial charge in [-0.05, 0) is 50.2 Å². The van der Waals surface area contributed by atoms with Crippen LogP contribution in [0, 0.1) is 0 Å². The van der Waals surface area contributed by atoms with Crippen molar-refractivity contribution < 1.29 is 4.79 Å². The zero-order chi connectivity index (χ0) is 15.4. The van der Waals surface area contributed by atoms with Gasteiger partial charge in [0, 0.05) is 23.2 Å². The minimum atomic E-state index is -0.154. The number of anilines is 2. The van der Waals surface area contributed by atoms with E-state index in [4.69, 9.17) is 5.73 Å². The van der Waals surface area contributed by atoms with Crippen molar-refractivity contribution in [1.82, 2.24) is 9.88 Å². The number of aromatic nitrogens is 1. The Morgan fingerprint density at radius 1 is 1.23 bits per heavy atom. The van der Waals surface area contributed by atoms with Gasteiger partial charge in [-0.3, -0.25) is 15.0 Å². The number of benzene rings is 1. The molecule has 116 valence electrons. The minimum absolute atomic E-state index is 0.154. The summed E-state index contributed by atoms with van der Waals surface area (Å²) in [5.41, 5.74) is 7.89. The number of hydrogen-bond acceptors (Lipinski definition) is 5. The normalized spacial score (nSPS) is 15.6. The highest BCUT2D eigenvalue weighted by Crippen LogP contribution is 2.19. The first-order valence-electron chi connectivity index (χ1n) is 7.54. The Morgan fingerprint density at radius 2 is 1.95 bits per heavy atom. The van der Waals surface area contributed by atoms with Gasteiger partial charge in [-0.2, -0.15) is 0 Å². The molecule has 0 bridgehead atoms. The second kappa shape index (κ2) is 6.89. The molecule has 0 saturated carbocycles. The number of nitrogens with zero attached hydrogens (tertiary/aromatic N) is 2. The van der Waals surface area contributed by atoms with Gasteiger partial charge in [0.1, 0.15) is 0 Å². The molecule has 3 rings (SSSR count). The average Bonchev–Trinajstić information content (AvgIpc) is 2.96. The molecule has 1 aliphatic heterocycles. The van der Waals surface area contributed by atoms with Gasteiger partial charge in [0.2, 0.25) is 0 Å². The summed E-state index contributed by atoms with van der Waals surface area (Å²) in [4.78, 5) is 19.1. The Hall–Kier alpha value is -1.92. The lowest BCUT2D eigenvalue weighted by Crippen LogP contribution is -2.29. The molecule has 2 aromatic rings. The number of amides is 1. The first-order chi connectivity index (χ1) is 10.7. The number of rotatable bonds is 4. The lowest BCUT2D eigenvalue weighted by atomic mass is 10.1. The highest BCUT2D eigenvalue weighted by molar-refractivity contribution is 7.13. The quantitative estimate of drug-likeness (QED) is 0.851. The number of carbonyl (C=O) groups excluding carboxylic acids is 1. The van der Waals surface area contributed by atoms with Crippen molar-refractivity contribution in [2.45, 2.75) is 25.8 Å². The van der Waals surface area contributed by atoms with E-state index < -0.39 is 0 Å². The molecule has 0 unspecified atom stereocenters. The van der Waals surface area contributed by atoms with Crippen molar-refractivity contribution in [3.05, 3.63) is 40.9 Å². The van der Waals surface area contributed by atoms with Gasteiger partial charge in [0.05, 0.1) is 5.69 Å². The standard InChI is InChI=1S/C16H20N4OS/c17-13-6-4-12(5-7-13)15(21)19-16-18-14(11-22-16)10-20-8-2-1-3-9-20/h4-7,11H,1-3,8-10,17H2,(H,18,19,21). The van der Waals surface area contributed by atoms with Crippen molar-refractivity contribution >= 4 is 28.1 Å². The SMILES string of the molecule is Nc1ccc(C(=O)Nc2nc(CN3CCCCC3)cs2)cc1. The van der Waals surface area contributed by atoms with Gasteiger partial charge in [-0.15, -0.1) is 11.3 Å². The molecule has 1 aromatic heterocycles. The number of nitrogens with one attached hydrogen (secondary N) is 1. The van der Waals surface area contributed by atoms with Crippen molar-refractivity contribution in [3.63, 3.8) is 0 Å². The smallest absolute Gasteiger partial charge is 0.257 e. The summed E-state index contributed by atoms with van der Waals surface area (Å²) in [5.74, 6) is -0.154. The molecule has 0 aliphatic carbocycles. The molecule has 0 atom stereocenters. The van der Waals surface area contributed by atoms with Crippen LogP contribution in [-0.2, 0) is 6.54 Å². The molecule has 2 heterocycles. The molecule has 1 aromatic carbocycles. The number of piperidine rings is 1. The summed E-state index contributed by atoms with van der Waals surface area (Å²) in [6, 6.07) is 6.87. The lowest BCUT2D eigenvalue weighted by Gasteiger charge is -2.25. The van der Waals surface area contributed by atoms with Crippen LogP contribution in [0.5, 0.6) is 0 Å². The molecule has 3 N–H and O–H groups in total. The Bertz CT molecular complexity index is 632. The van der Waals surface area contributed by atoms with E-state index in [0.29, 0.717) is 16.4 Å². The van der Waals surface area contributed by atoms with Crippen LogP contribution in [0.1, 0.15) is 35.3 Å². The third-order valence-electron chi connectivity index (χ3n) is 3.78. The Morgan fingerprint density at radius 3 is 2.68 bits per heavy atom. The van der Waals surface area contributed by atoms with Crippen LogP contribution in [0.4, 0.5) is 10.8 Å². The fourth-order valence-corrected chi connectivity index (χ4v) is 3.28. The molecule has 6 heteroatoms. The monoisotopic (exact) mass is 316 g/mol. The largest absolute Gasteiger partial charge is 0.399 e. The number of carbonyl (C=O) groups is 1. The molecule has 1 saturated heterocycles. The predicted molar refractivity (Wildman–Crippen MR) is 90.0 cm³/mol. The van der Waals surface area contributed by atoms with E-state index in [-0.39, 0.29) is 5.91 Å². The third kappa shape index (κ3) is 3.84. The van der Waals surface area contributed by atoms with Crippen LogP contribution in [-0.4, -0.2) is 28.9 Å². The van der Waals surface area contributed by atoms with Crippen molar-refractivity contribution in [2.75, 3.05) is 24.1 Å². The summed E-state index contributed by atoms with van der Waals surface area (Å²) < 4.78 is 0. The second-order valence-corrected chi connectivity index (χ2v) is 6.42. The molecule has 0 radical (unpaired) electrons. The van der Waals surface area contributed by atoms with E-state index in [0.717, 1.165) is 25.3 Å². The minimum Gasteiger partial charge on any atom is -0.399 e. The Labute approximate surface area is 134 Å². The topological polar surface area (TPSA) is 71.2 Å². The van der Waals surface area contributed by atoms with Crippen LogP contribution in [0.25, 0.3) is 0 Å². The summed E-state index contributed by atoms with van der Waals surface area (Å²) in [7, 11) is 0. The number of likely N-dealkylation sites (tertiary alicyclic amines) is 1. The first kappa shape index (κ1) is 15.0. The van der Waals surface area contributed by atoms with Gasteiger partial charge in [0.25, 0.3) is 5.91 Å². The van der Waals surface area contributed by atoms with Gasteiger partial charge in [0.15, 0.2) is 5.13 Å². The number of nitrogen functional groups attached to an aromatic ring is 1. The van der Waals surface area contributed by atoms with Crippen molar-refractivity contribution in [1.29, 1.82) is 0 Å². The van der Waals surface area contributed by atoms with E-state index in [2.05, 4.69) is 15.2 Å². The van der Waals surface area contributed by atoms with Gasteiger partial charge < -0.3 is 5.73 Å². The zero-order valence-electron chi connectivity index (χ0n) is 12.4. The maximum absolute atomic E-state index is 12.1. The average molecular weight is 316 g/mol. The number of nitrogens with two attached hydrogens (primary N) is 1. The highest BCUT2D eigenvalue weighted by atomic mass is 32.1. The maximum atomic E-state index is 12.1. The van der Waals surface area contributed by atoms with Crippen molar-refractivity contribution in [2.24, 2.45) is 0 Å². The number of hydrogen-bond donors (Lipinski definition) is 2. The van der Waals surface area contributed by atoms with Crippen LogP contribution in [0.3, 0.4) is 0 Å². The fraction of sp³-hybridized carbons (Fsp3) is 0.375. The fourth-order valence-electron chi connectivity index (χ4n) is 2.59. The number of thiazole rings is 1. The summed E-state index contributed by atoms with van der Waals surface area (Å²) in [5, 5.41) is 5.51. The zero-order valence-corrected chi connectivity index (χ0v) is 13.2. The molecule has 1 amide bonds. The van der Waals surface area contributed by atoms with E-state index in [1.807, 2.05) is 5.38 Å². The third-order valence-corrected chi connectivity index (χ3v) is 4.59. The van der Waals surface area contributed by atoms with Crippen molar-refractivity contribution in [3.8, 4) is 0 Å². The van der Waals surface area contributed by atoms with Crippen LogP contribution >= 0.6 is 11.3 Å². The van der Waals surface area contributed by atoms with E-state index in [1.165, 1.54) is 30.6 Å². The van der Waals surface area contributed by atoms with Crippen LogP contribution < -0.4 is 11.1 Å². The lowest BCUT2D eigenvalue weighted by molar-refractivity contribution is 0.102. The molecule has 1 aliphatic rings. The Kier molecular flexibility index (Phi) is 4.70. The molecular weight excluding hydrogens is 296 g/mol. The van der Waals surface area contributed by atoms with Crippen LogP contribution in [0.2, 0.25) is 0 Å². The summed E-state index contributed by atoms with van der Waals surface area (Å²) in [6.07, 6.45) is 3.87. The van der Waals surface area contributed by atoms with Gasteiger partial charge in [-0.1, -0.05) is 6.42 Å². The maximum Gasteiger partial charge on any atom is 0.257 e. The molecule has 22 heavy (non-hydrogen) atoms. The predicted octanol–water partition coefficient (Wildman–Crippen LogP) is 2.96. The van der Waals surface area contributed by atoms with Crippen LogP contribution in [0.15, 0.2) is 29.6 Å². The molecule has 5 nitrogen and oxygen atoms in total. The van der Waals surface area contributed by atoms with Gasteiger partial charge >= 0.3 is 0 Å². The van der Waals surface area contributed by atoms with E-state index >= 15 is 0 Å².